The highest BCUT2D eigenvalue weighted by atomic mass is 32.2. The molecule has 1 aliphatic heterocycles. The van der Waals surface area contributed by atoms with E-state index in [0.29, 0.717) is 40.8 Å². The standard InChI is InChI=1S/C21H31N5O3S2/c1-5-25-19(14-26(31(4,28)29)18-9-7-6-8-10-18)22-23-21(25)30-15-20(27)24-12-16(2)11-17(3)13-24/h6-10,16-17H,5,11-15H2,1-4H3/t16-,17-/m1/s1. The van der Waals surface area contributed by atoms with E-state index in [9.17, 15) is 13.2 Å². The van der Waals surface area contributed by atoms with E-state index in [4.69, 9.17) is 0 Å². The summed E-state index contributed by atoms with van der Waals surface area (Å²) in [6, 6.07) is 8.94. The Morgan fingerprint density at radius 1 is 1.16 bits per heavy atom. The fourth-order valence-electron chi connectivity index (χ4n) is 4.07. The van der Waals surface area contributed by atoms with Crippen LogP contribution >= 0.6 is 11.8 Å². The average molecular weight is 466 g/mol. The zero-order valence-electron chi connectivity index (χ0n) is 18.6. The molecular formula is C21H31N5O3S2. The lowest BCUT2D eigenvalue weighted by atomic mass is 9.92. The van der Waals surface area contributed by atoms with Crippen molar-refractivity contribution in [3.8, 4) is 0 Å². The molecule has 1 aromatic carbocycles. The van der Waals surface area contributed by atoms with E-state index in [1.807, 2.05) is 22.5 Å². The molecule has 1 amide bonds. The van der Waals surface area contributed by atoms with Gasteiger partial charge >= 0.3 is 0 Å². The minimum Gasteiger partial charge on any atom is -0.341 e. The van der Waals surface area contributed by atoms with Crippen molar-refractivity contribution < 1.29 is 13.2 Å². The Balaban J connectivity index is 1.72. The molecule has 1 aliphatic rings. The number of aromatic nitrogens is 3. The van der Waals surface area contributed by atoms with Gasteiger partial charge in [-0.05, 0) is 37.3 Å². The zero-order valence-corrected chi connectivity index (χ0v) is 20.2. The molecule has 0 unspecified atom stereocenters. The maximum atomic E-state index is 12.7. The van der Waals surface area contributed by atoms with Gasteiger partial charge in [-0.1, -0.05) is 43.8 Å². The number of sulfonamides is 1. The molecule has 10 heteroatoms. The van der Waals surface area contributed by atoms with Gasteiger partial charge in [0.15, 0.2) is 11.0 Å². The predicted molar refractivity (Wildman–Crippen MR) is 123 cm³/mol. The van der Waals surface area contributed by atoms with Crippen LogP contribution in [0.15, 0.2) is 35.5 Å². The third-order valence-corrected chi connectivity index (χ3v) is 7.48. The lowest BCUT2D eigenvalue weighted by Gasteiger charge is -2.34. The second-order valence-corrected chi connectivity index (χ2v) is 11.1. The molecule has 0 radical (unpaired) electrons. The fourth-order valence-corrected chi connectivity index (χ4v) is 5.85. The van der Waals surface area contributed by atoms with Crippen LogP contribution in [0.25, 0.3) is 0 Å². The fraction of sp³-hybridized carbons (Fsp3) is 0.571. The minimum absolute atomic E-state index is 0.0827. The smallest absolute Gasteiger partial charge is 0.233 e. The van der Waals surface area contributed by atoms with Crippen LogP contribution in [0.2, 0.25) is 0 Å². The Bertz CT molecular complexity index is 984. The molecule has 2 heterocycles. The Kier molecular flexibility index (Phi) is 7.64. The summed E-state index contributed by atoms with van der Waals surface area (Å²) in [5.74, 6) is 1.99. The molecule has 170 valence electrons. The van der Waals surface area contributed by atoms with E-state index in [-0.39, 0.29) is 12.5 Å². The van der Waals surface area contributed by atoms with Crippen LogP contribution in [-0.2, 0) is 27.9 Å². The molecule has 0 bridgehead atoms. The van der Waals surface area contributed by atoms with Crippen molar-refractivity contribution in [3.05, 3.63) is 36.2 Å². The highest BCUT2D eigenvalue weighted by Crippen LogP contribution is 2.25. The van der Waals surface area contributed by atoms with Crippen molar-refractivity contribution in [1.29, 1.82) is 0 Å². The number of carbonyl (C=O) groups excluding carboxylic acids is 1. The number of benzene rings is 1. The van der Waals surface area contributed by atoms with Crippen molar-refractivity contribution in [3.63, 3.8) is 0 Å². The summed E-state index contributed by atoms with van der Waals surface area (Å²) in [5, 5.41) is 9.12. The average Bonchev–Trinajstić information content (AvgIpc) is 3.10. The van der Waals surface area contributed by atoms with Gasteiger partial charge in [0.05, 0.1) is 24.2 Å². The third kappa shape index (κ3) is 6.00. The molecular weight excluding hydrogens is 434 g/mol. The number of carbonyl (C=O) groups is 1. The molecule has 1 saturated heterocycles. The number of hydrogen-bond donors (Lipinski definition) is 0. The van der Waals surface area contributed by atoms with Crippen LogP contribution in [0, 0.1) is 11.8 Å². The summed E-state index contributed by atoms with van der Waals surface area (Å²) in [6.07, 6.45) is 2.34. The minimum atomic E-state index is -3.50. The van der Waals surface area contributed by atoms with Crippen LogP contribution in [0.3, 0.4) is 0 Å². The maximum absolute atomic E-state index is 12.7. The number of amides is 1. The molecule has 2 aromatic rings. The van der Waals surface area contributed by atoms with Crippen LogP contribution in [0.5, 0.6) is 0 Å². The van der Waals surface area contributed by atoms with E-state index in [0.717, 1.165) is 19.5 Å². The van der Waals surface area contributed by atoms with Crippen molar-refractivity contribution in [1.82, 2.24) is 19.7 Å². The molecule has 1 fully saturated rings. The van der Waals surface area contributed by atoms with Crippen molar-refractivity contribution in [2.45, 2.75) is 45.4 Å². The number of thioether (sulfide) groups is 1. The van der Waals surface area contributed by atoms with Crippen LogP contribution in [-0.4, -0.2) is 59.1 Å². The number of likely N-dealkylation sites (tertiary alicyclic amines) is 1. The monoisotopic (exact) mass is 465 g/mol. The number of anilines is 1. The van der Waals surface area contributed by atoms with Crippen LogP contribution in [0.4, 0.5) is 5.69 Å². The molecule has 0 spiro atoms. The Morgan fingerprint density at radius 2 is 1.81 bits per heavy atom. The van der Waals surface area contributed by atoms with E-state index in [1.165, 1.54) is 22.3 Å². The van der Waals surface area contributed by atoms with Gasteiger partial charge < -0.3 is 9.47 Å². The molecule has 8 nitrogen and oxygen atoms in total. The molecule has 31 heavy (non-hydrogen) atoms. The number of nitrogens with zero attached hydrogens (tertiary/aromatic N) is 5. The van der Waals surface area contributed by atoms with Crippen molar-refractivity contribution in [2.75, 3.05) is 29.4 Å². The highest BCUT2D eigenvalue weighted by molar-refractivity contribution is 7.99. The van der Waals surface area contributed by atoms with Crippen LogP contribution < -0.4 is 4.31 Å². The molecule has 0 aliphatic carbocycles. The number of hydrogen-bond acceptors (Lipinski definition) is 6. The van der Waals surface area contributed by atoms with Gasteiger partial charge in [0.1, 0.15) is 0 Å². The number of piperidine rings is 1. The number of para-hydroxylation sites is 1. The van der Waals surface area contributed by atoms with Gasteiger partial charge in [0.2, 0.25) is 15.9 Å². The molecule has 2 atom stereocenters. The SMILES string of the molecule is CCn1c(CN(c2ccccc2)S(C)(=O)=O)nnc1SCC(=O)N1C[C@H](C)C[C@@H](C)C1. The van der Waals surface area contributed by atoms with Crippen molar-refractivity contribution in [2.24, 2.45) is 11.8 Å². The summed E-state index contributed by atoms with van der Waals surface area (Å²) in [6.45, 7) is 8.60. The summed E-state index contributed by atoms with van der Waals surface area (Å²) in [4.78, 5) is 14.7. The van der Waals surface area contributed by atoms with Crippen molar-refractivity contribution >= 4 is 33.4 Å². The molecule has 3 rings (SSSR count). The largest absolute Gasteiger partial charge is 0.341 e. The van der Waals surface area contributed by atoms with Gasteiger partial charge in [-0.2, -0.15) is 0 Å². The van der Waals surface area contributed by atoms with Crippen LogP contribution in [0.1, 0.15) is 33.0 Å². The summed E-state index contributed by atoms with van der Waals surface area (Å²) in [5.41, 5.74) is 0.577. The highest BCUT2D eigenvalue weighted by Gasteiger charge is 2.26. The number of rotatable bonds is 8. The van der Waals surface area contributed by atoms with E-state index in [2.05, 4.69) is 24.0 Å². The van der Waals surface area contributed by atoms with E-state index < -0.39 is 10.0 Å². The quantitative estimate of drug-likeness (QED) is 0.557. The molecule has 0 saturated carbocycles. The lowest BCUT2D eigenvalue weighted by molar-refractivity contribution is -0.130. The summed E-state index contributed by atoms with van der Waals surface area (Å²) >= 11 is 1.36. The summed E-state index contributed by atoms with van der Waals surface area (Å²) in [7, 11) is -3.50. The first-order valence-electron chi connectivity index (χ1n) is 10.5. The topological polar surface area (TPSA) is 88.4 Å². The Labute approximate surface area is 189 Å². The maximum Gasteiger partial charge on any atom is 0.233 e. The lowest BCUT2D eigenvalue weighted by Crippen LogP contribution is -2.43. The van der Waals surface area contributed by atoms with E-state index >= 15 is 0 Å². The zero-order chi connectivity index (χ0) is 22.6. The second-order valence-electron chi connectivity index (χ2n) is 8.28. The Hall–Kier alpha value is -2.07. The Morgan fingerprint density at radius 3 is 2.39 bits per heavy atom. The normalized spacial score (nSPS) is 19.4. The predicted octanol–water partition coefficient (Wildman–Crippen LogP) is 2.86. The third-order valence-electron chi connectivity index (χ3n) is 5.39. The first-order chi connectivity index (χ1) is 14.7. The second kappa shape index (κ2) is 10.0. The van der Waals surface area contributed by atoms with E-state index in [1.54, 1.807) is 24.3 Å². The summed E-state index contributed by atoms with van der Waals surface area (Å²) < 4.78 is 28.0. The molecule has 0 N–H and O–H groups in total. The van der Waals surface area contributed by atoms with Gasteiger partial charge in [-0.15, -0.1) is 10.2 Å². The molecule has 1 aromatic heterocycles. The van der Waals surface area contributed by atoms with Gasteiger partial charge in [-0.3, -0.25) is 9.10 Å². The van der Waals surface area contributed by atoms with Gasteiger partial charge in [0.25, 0.3) is 0 Å². The van der Waals surface area contributed by atoms with Gasteiger partial charge in [0, 0.05) is 19.6 Å². The van der Waals surface area contributed by atoms with Gasteiger partial charge in [-0.25, -0.2) is 8.42 Å². The first kappa shape index (κ1) is 23.6. The first-order valence-corrected chi connectivity index (χ1v) is 13.4.